The highest BCUT2D eigenvalue weighted by atomic mass is 35.5. The summed E-state index contributed by atoms with van der Waals surface area (Å²) in [5.74, 6) is -1.10. The molecule has 162 valence electrons. The van der Waals surface area contributed by atoms with Gasteiger partial charge in [-0.15, -0.1) is 0 Å². The van der Waals surface area contributed by atoms with Crippen molar-refractivity contribution in [3.63, 3.8) is 0 Å². The van der Waals surface area contributed by atoms with Gasteiger partial charge >= 0.3 is 12.0 Å². The van der Waals surface area contributed by atoms with Gasteiger partial charge in [-0.3, -0.25) is 9.69 Å². The standard InChI is InChI=1S/C21H18Cl2N2O6/c1-11(20(27)28)31-17-6-4-12(9-18(17)30-2)8-16-19(26)25(21(29)24-16)10-13-3-5-14(22)15(23)7-13/h3-9,11H,10H2,1-2H3,(H,24,29)(H,27,28)/b16-8-. The summed E-state index contributed by atoms with van der Waals surface area (Å²) in [6.07, 6.45) is 0.422. The number of carboxylic acid groups (broad SMARTS) is 1. The van der Waals surface area contributed by atoms with E-state index in [0.717, 1.165) is 4.90 Å². The number of amides is 3. The van der Waals surface area contributed by atoms with E-state index in [9.17, 15) is 14.4 Å². The number of hydrogen-bond donors (Lipinski definition) is 2. The highest BCUT2D eigenvalue weighted by molar-refractivity contribution is 6.42. The summed E-state index contributed by atoms with van der Waals surface area (Å²) in [5.41, 5.74) is 1.28. The van der Waals surface area contributed by atoms with Crippen LogP contribution in [0.5, 0.6) is 11.5 Å². The minimum atomic E-state index is -1.12. The Hall–Kier alpha value is -3.23. The lowest BCUT2D eigenvalue weighted by Crippen LogP contribution is -2.30. The van der Waals surface area contributed by atoms with Crippen molar-refractivity contribution in [2.45, 2.75) is 19.6 Å². The Morgan fingerprint density at radius 2 is 1.90 bits per heavy atom. The number of hydrogen-bond acceptors (Lipinski definition) is 5. The largest absolute Gasteiger partial charge is 0.493 e. The SMILES string of the molecule is COc1cc(/C=C2\NC(=O)N(Cc3ccc(Cl)c(Cl)c3)C2=O)ccc1OC(C)C(=O)O. The molecule has 3 amide bonds. The van der Waals surface area contributed by atoms with Crippen molar-refractivity contribution in [3.05, 3.63) is 63.3 Å². The number of carboxylic acids is 1. The summed E-state index contributed by atoms with van der Waals surface area (Å²) >= 11 is 11.9. The van der Waals surface area contributed by atoms with Crippen molar-refractivity contribution in [3.8, 4) is 11.5 Å². The number of ether oxygens (including phenoxy) is 2. The first-order valence-electron chi connectivity index (χ1n) is 9.05. The number of halogens is 2. The highest BCUT2D eigenvalue weighted by Crippen LogP contribution is 2.30. The zero-order valence-corrected chi connectivity index (χ0v) is 18.0. The van der Waals surface area contributed by atoms with Gasteiger partial charge < -0.3 is 19.9 Å². The van der Waals surface area contributed by atoms with E-state index in [1.807, 2.05) is 0 Å². The normalized spacial score (nSPS) is 15.7. The Balaban J connectivity index is 1.80. The van der Waals surface area contributed by atoms with Gasteiger partial charge in [0, 0.05) is 0 Å². The molecule has 2 aromatic rings. The summed E-state index contributed by atoms with van der Waals surface area (Å²) in [6.45, 7) is 1.43. The zero-order valence-electron chi connectivity index (χ0n) is 16.5. The maximum atomic E-state index is 12.7. The number of imide groups is 1. The minimum absolute atomic E-state index is 0.0298. The van der Waals surface area contributed by atoms with E-state index in [1.165, 1.54) is 26.2 Å². The van der Waals surface area contributed by atoms with Gasteiger partial charge in [0.05, 0.1) is 23.7 Å². The molecular weight excluding hydrogens is 447 g/mol. The van der Waals surface area contributed by atoms with Gasteiger partial charge in [0.25, 0.3) is 5.91 Å². The van der Waals surface area contributed by atoms with Crippen LogP contribution in [0.3, 0.4) is 0 Å². The van der Waals surface area contributed by atoms with E-state index in [1.54, 1.807) is 30.3 Å². The number of nitrogens with zero attached hydrogens (tertiary/aromatic N) is 1. The third-order valence-corrected chi connectivity index (χ3v) is 5.18. The lowest BCUT2D eigenvalue weighted by atomic mass is 10.1. The topological polar surface area (TPSA) is 105 Å². The maximum absolute atomic E-state index is 12.7. The number of methoxy groups -OCH3 is 1. The molecule has 3 rings (SSSR count). The average Bonchev–Trinajstić information content (AvgIpc) is 2.98. The molecule has 0 radical (unpaired) electrons. The molecule has 0 saturated carbocycles. The fourth-order valence-corrected chi connectivity index (χ4v) is 3.14. The Morgan fingerprint density at radius 1 is 1.16 bits per heavy atom. The van der Waals surface area contributed by atoms with Gasteiger partial charge in [-0.05, 0) is 48.4 Å². The molecule has 8 nitrogen and oxygen atoms in total. The van der Waals surface area contributed by atoms with Crippen LogP contribution in [0.25, 0.3) is 6.08 Å². The monoisotopic (exact) mass is 464 g/mol. The maximum Gasteiger partial charge on any atom is 0.344 e. The first-order chi connectivity index (χ1) is 14.7. The third kappa shape index (κ3) is 5.10. The predicted octanol–water partition coefficient (Wildman–Crippen LogP) is 3.95. The van der Waals surface area contributed by atoms with Crippen LogP contribution in [0.1, 0.15) is 18.1 Å². The Morgan fingerprint density at radius 3 is 2.55 bits per heavy atom. The van der Waals surface area contributed by atoms with Gasteiger partial charge in [0.2, 0.25) is 0 Å². The number of aliphatic carboxylic acids is 1. The lowest BCUT2D eigenvalue weighted by molar-refractivity contribution is -0.144. The van der Waals surface area contributed by atoms with E-state index in [2.05, 4.69) is 5.32 Å². The molecule has 0 bridgehead atoms. The van der Waals surface area contributed by atoms with E-state index in [-0.39, 0.29) is 23.7 Å². The van der Waals surface area contributed by atoms with Gasteiger partial charge in [-0.2, -0.15) is 0 Å². The van der Waals surface area contributed by atoms with Crippen LogP contribution in [-0.4, -0.2) is 41.1 Å². The molecule has 0 aliphatic carbocycles. The Bertz CT molecular complexity index is 1090. The summed E-state index contributed by atoms with van der Waals surface area (Å²) in [5, 5.41) is 12.2. The number of benzene rings is 2. The molecule has 1 aliphatic rings. The quantitative estimate of drug-likeness (QED) is 0.474. The third-order valence-electron chi connectivity index (χ3n) is 4.44. The molecule has 1 unspecified atom stereocenters. The zero-order chi connectivity index (χ0) is 22.7. The molecule has 10 heteroatoms. The van der Waals surface area contributed by atoms with Crippen LogP contribution in [0.2, 0.25) is 10.0 Å². The van der Waals surface area contributed by atoms with Crippen LogP contribution in [-0.2, 0) is 16.1 Å². The van der Waals surface area contributed by atoms with Crippen molar-refractivity contribution >= 4 is 47.2 Å². The van der Waals surface area contributed by atoms with Crippen molar-refractivity contribution in [2.24, 2.45) is 0 Å². The van der Waals surface area contributed by atoms with E-state index in [0.29, 0.717) is 21.2 Å². The lowest BCUT2D eigenvalue weighted by Gasteiger charge is -2.14. The molecule has 1 atom stereocenters. The second-order valence-electron chi connectivity index (χ2n) is 6.64. The fraction of sp³-hybridized carbons (Fsp3) is 0.190. The molecule has 1 saturated heterocycles. The first-order valence-corrected chi connectivity index (χ1v) is 9.81. The van der Waals surface area contributed by atoms with Crippen molar-refractivity contribution in [2.75, 3.05) is 7.11 Å². The molecule has 1 aliphatic heterocycles. The summed E-state index contributed by atoms with van der Waals surface area (Å²) in [6, 6.07) is 9.00. The van der Waals surface area contributed by atoms with Gasteiger partial charge in [-0.1, -0.05) is 35.3 Å². The van der Waals surface area contributed by atoms with Crippen molar-refractivity contribution < 1.29 is 29.0 Å². The minimum Gasteiger partial charge on any atom is -0.493 e. The van der Waals surface area contributed by atoms with Gasteiger partial charge in [0.1, 0.15) is 5.70 Å². The highest BCUT2D eigenvalue weighted by Gasteiger charge is 2.33. The number of carbonyl (C=O) groups is 3. The fourth-order valence-electron chi connectivity index (χ4n) is 2.81. The van der Waals surface area contributed by atoms with E-state index >= 15 is 0 Å². The molecule has 2 aromatic carbocycles. The van der Waals surface area contributed by atoms with Gasteiger partial charge in [0.15, 0.2) is 17.6 Å². The number of nitrogens with one attached hydrogen (secondary N) is 1. The van der Waals surface area contributed by atoms with Crippen LogP contribution in [0.15, 0.2) is 42.1 Å². The van der Waals surface area contributed by atoms with E-state index < -0.39 is 24.0 Å². The average molecular weight is 465 g/mol. The van der Waals surface area contributed by atoms with Crippen molar-refractivity contribution in [1.82, 2.24) is 10.2 Å². The van der Waals surface area contributed by atoms with Gasteiger partial charge in [-0.25, -0.2) is 9.59 Å². The van der Waals surface area contributed by atoms with E-state index in [4.69, 9.17) is 37.8 Å². The first kappa shape index (κ1) is 22.5. The molecule has 1 heterocycles. The summed E-state index contributed by atoms with van der Waals surface area (Å²) in [7, 11) is 1.41. The molecule has 1 fully saturated rings. The number of rotatable bonds is 7. The Kier molecular flexibility index (Phi) is 6.72. The number of carbonyl (C=O) groups excluding carboxylic acids is 2. The summed E-state index contributed by atoms with van der Waals surface area (Å²) in [4.78, 5) is 37.1. The summed E-state index contributed by atoms with van der Waals surface area (Å²) < 4.78 is 10.6. The smallest absolute Gasteiger partial charge is 0.344 e. The molecule has 31 heavy (non-hydrogen) atoms. The molecule has 0 spiro atoms. The van der Waals surface area contributed by atoms with Crippen LogP contribution in [0.4, 0.5) is 4.79 Å². The number of urea groups is 1. The molecule has 0 aromatic heterocycles. The van der Waals surface area contributed by atoms with Crippen molar-refractivity contribution in [1.29, 1.82) is 0 Å². The molecule has 2 N–H and O–H groups in total. The second-order valence-corrected chi connectivity index (χ2v) is 7.45. The van der Waals surface area contributed by atoms with Crippen LogP contribution < -0.4 is 14.8 Å². The van der Waals surface area contributed by atoms with Crippen LogP contribution >= 0.6 is 23.2 Å². The Labute approximate surface area is 187 Å². The van der Waals surface area contributed by atoms with Crippen LogP contribution in [0, 0.1) is 0 Å². The second kappa shape index (κ2) is 9.28. The molecular formula is C21H18Cl2N2O6. The predicted molar refractivity (Wildman–Crippen MR) is 114 cm³/mol.